The van der Waals surface area contributed by atoms with E-state index >= 15 is 0 Å². The molecule has 0 aliphatic heterocycles. The topological polar surface area (TPSA) is 40.9 Å². The lowest BCUT2D eigenvalue weighted by atomic mass is 9.84. The Labute approximate surface area is 118 Å². The summed E-state index contributed by atoms with van der Waals surface area (Å²) in [7, 11) is 0. The lowest BCUT2D eigenvalue weighted by molar-refractivity contribution is -0.121. The first-order valence-corrected chi connectivity index (χ1v) is 6.37. The fourth-order valence-electron chi connectivity index (χ4n) is 1.65. The van der Waals surface area contributed by atoms with Gasteiger partial charge in [0.25, 0.3) is 0 Å². The van der Waals surface area contributed by atoms with Gasteiger partial charge in [-0.15, -0.1) is 0 Å². The van der Waals surface area contributed by atoms with Crippen LogP contribution in [0.5, 0.6) is 0 Å². The second kappa shape index (κ2) is 5.73. The first kappa shape index (κ1) is 15.0. The predicted octanol–water partition coefficient (Wildman–Crippen LogP) is 4.61. The van der Waals surface area contributed by atoms with Gasteiger partial charge in [-0.1, -0.05) is 50.0 Å². The number of carbonyl (C=O) groups is 1. The van der Waals surface area contributed by atoms with Crippen LogP contribution in [0.1, 0.15) is 38.7 Å². The molecule has 0 N–H and O–H groups in total. The molecular formula is C14H15Cl2NO. The van der Waals surface area contributed by atoms with E-state index in [-0.39, 0.29) is 11.2 Å². The van der Waals surface area contributed by atoms with Gasteiger partial charge >= 0.3 is 0 Å². The number of rotatable bonds is 3. The zero-order chi connectivity index (χ0) is 13.9. The molecule has 0 aliphatic carbocycles. The fourth-order valence-corrected chi connectivity index (χ4v) is 1.96. The number of Topliss-reactive ketones (excluding diaryl/α,β-unsaturated/α-hetero) is 1. The molecule has 0 spiro atoms. The predicted molar refractivity (Wildman–Crippen MR) is 73.9 cm³/mol. The van der Waals surface area contributed by atoms with Crippen LogP contribution in [0.25, 0.3) is 0 Å². The van der Waals surface area contributed by atoms with Gasteiger partial charge in [-0.05, 0) is 23.1 Å². The third-order valence-electron chi connectivity index (χ3n) is 2.43. The number of benzene rings is 1. The van der Waals surface area contributed by atoms with Crippen molar-refractivity contribution in [2.75, 3.05) is 0 Å². The molecule has 1 rings (SSSR count). The maximum absolute atomic E-state index is 12.1. The first-order chi connectivity index (χ1) is 8.24. The molecule has 18 heavy (non-hydrogen) atoms. The molecular weight excluding hydrogens is 269 g/mol. The van der Waals surface area contributed by atoms with Crippen LogP contribution in [0.2, 0.25) is 10.0 Å². The van der Waals surface area contributed by atoms with Crippen molar-refractivity contribution in [3.05, 3.63) is 33.8 Å². The van der Waals surface area contributed by atoms with E-state index in [2.05, 4.69) is 0 Å². The molecule has 1 atom stereocenters. The second-order valence-corrected chi connectivity index (χ2v) is 6.25. The maximum atomic E-state index is 12.1. The van der Waals surface area contributed by atoms with Crippen molar-refractivity contribution in [1.29, 1.82) is 5.26 Å². The Morgan fingerprint density at radius 1 is 1.33 bits per heavy atom. The SMILES string of the molecule is CC(C)(C)CC(=O)C(C#N)c1ccc(Cl)c(Cl)c1. The number of ketones is 1. The average molecular weight is 284 g/mol. The highest BCUT2D eigenvalue weighted by atomic mass is 35.5. The fraction of sp³-hybridized carbons (Fsp3) is 0.429. The molecule has 0 aromatic heterocycles. The molecule has 1 unspecified atom stereocenters. The Bertz CT molecular complexity index is 497. The Kier molecular flexibility index (Phi) is 4.78. The van der Waals surface area contributed by atoms with E-state index in [1.165, 1.54) is 0 Å². The highest BCUT2D eigenvalue weighted by Gasteiger charge is 2.25. The molecule has 0 heterocycles. The molecule has 0 aliphatic rings. The highest BCUT2D eigenvalue weighted by molar-refractivity contribution is 6.42. The molecule has 0 radical (unpaired) electrons. The second-order valence-electron chi connectivity index (χ2n) is 5.44. The van der Waals surface area contributed by atoms with Crippen LogP contribution in [-0.4, -0.2) is 5.78 Å². The zero-order valence-corrected chi connectivity index (χ0v) is 12.1. The molecule has 0 amide bonds. The average Bonchev–Trinajstić information content (AvgIpc) is 2.21. The number of nitrogens with zero attached hydrogens (tertiary/aromatic N) is 1. The van der Waals surface area contributed by atoms with Crippen molar-refractivity contribution in [1.82, 2.24) is 0 Å². The summed E-state index contributed by atoms with van der Waals surface area (Å²) in [6.45, 7) is 5.90. The minimum absolute atomic E-state index is 0.0941. The van der Waals surface area contributed by atoms with Crippen molar-refractivity contribution in [2.24, 2.45) is 5.41 Å². The molecule has 0 fully saturated rings. The van der Waals surface area contributed by atoms with Crippen LogP contribution in [0.3, 0.4) is 0 Å². The quantitative estimate of drug-likeness (QED) is 0.813. The Hall–Kier alpha value is -1.04. The van der Waals surface area contributed by atoms with Crippen molar-refractivity contribution < 1.29 is 4.79 Å². The largest absolute Gasteiger partial charge is 0.298 e. The zero-order valence-electron chi connectivity index (χ0n) is 10.6. The van der Waals surface area contributed by atoms with Crippen LogP contribution < -0.4 is 0 Å². The van der Waals surface area contributed by atoms with Crippen molar-refractivity contribution in [3.63, 3.8) is 0 Å². The lowest BCUT2D eigenvalue weighted by Gasteiger charge is -2.19. The summed E-state index contributed by atoms with van der Waals surface area (Å²) in [5, 5.41) is 9.94. The van der Waals surface area contributed by atoms with Crippen molar-refractivity contribution in [3.8, 4) is 6.07 Å². The van der Waals surface area contributed by atoms with Gasteiger partial charge in [-0.3, -0.25) is 4.79 Å². The molecule has 2 nitrogen and oxygen atoms in total. The number of hydrogen-bond donors (Lipinski definition) is 0. The van der Waals surface area contributed by atoms with Crippen molar-refractivity contribution in [2.45, 2.75) is 33.1 Å². The molecule has 96 valence electrons. The van der Waals surface area contributed by atoms with Gasteiger partial charge in [-0.2, -0.15) is 5.26 Å². The Morgan fingerprint density at radius 3 is 2.39 bits per heavy atom. The Balaban J connectivity index is 3.00. The summed E-state index contributed by atoms with van der Waals surface area (Å²) in [6.07, 6.45) is 0.353. The maximum Gasteiger partial charge on any atom is 0.154 e. The Morgan fingerprint density at radius 2 is 1.94 bits per heavy atom. The molecule has 0 saturated heterocycles. The molecule has 1 aromatic rings. The monoisotopic (exact) mass is 283 g/mol. The summed E-state index contributed by atoms with van der Waals surface area (Å²) in [4.78, 5) is 12.1. The smallest absolute Gasteiger partial charge is 0.154 e. The summed E-state index contributed by atoms with van der Waals surface area (Å²) in [5.41, 5.74) is 0.462. The summed E-state index contributed by atoms with van der Waals surface area (Å²) in [5.74, 6) is -0.873. The number of hydrogen-bond acceptors (Lipinski definition) is 2. The lowest BCUT2D eigenvalue weighted by Crippen LogP contribution is -2.18. The summed E-state index contributed by atoms with van der Waals surface area (Å²) >= 11 is 11.7. The van der Waals surface area contributed by atoms with Gasteiger partial charge in [-0.25, -0.2) is 0 Å². The molecule has 1 aromatic carbocycles. The van der Waals surface area contributed by atoms with Gasteiger partial charge in [0, 0.05) is 6.42 Å². The minimum Gasteiger partial charge on any atom is -0.298 e. The summed E-state index contributed by atoms with van der Waals surface area (Å²) < 4.78 is 0. The number of carbonyl (C=O) groups excluding carboxylic acids is 1. The van der Waals surface area contributed by atoms with Crippen LogP contribution >= 0.6 is 23.2 Å². The molecule has 0 saturated carbocycles. The normalized spacial score (nSPS) is 12.9. The van der Waals surface area contributed by atoms with Crippen LogP contribution in [0.4, 0.5) is 0 Å². The minimum atomic E-state index is -0.779. The van der Waals surface area contributed by atoms with Crippen LogP contribution in [0.15, 0.2) is 18.2 Å². The number of nitriles is 1. The standard InChI is InChI=1S/C14H15Cl2NO/c1-14(2,3)7-13(18)10(8-17)9-4-5-11(15)12(16)6-9/h4-6,10H,7H2,1-3H3. The van der Waals surface area contributed by atoms with Crippen LogP contribution in [0, 0.1) is 16.7 Å². The highest BCUT2D eigenvalue weighted by Crippen LogP contribution is 2.29. The van der Waals surface area contributed by atoms with E-state index in [0.717, 1.165) is 0 Å². The van der Waals surface area contributed by atoms with E-state index < -0.39 is 5.92 Å². The van der Waals surface area contributed by atoms with E-state index in [0.29, 0.717) is 22.0 Å². The van der Waals surface area contributed by atoms with E-state index in [1.54, 1.807) is 18.2 Å². The third-order valence-corrected chi connectivity index (χ3v) is 3.17. The van der Waals surface area contributed by atoms with Gasteiger partial charge in [0.05, 0.1) is 16.1 Å². The molecule has 4 heteroatoms. The third kappa shape index (κ3) is 4.01. The van der Waals surface area contributed by atoms with E-state index in [1.807, 2.05) is 26.8 Å². The van der Waals surface area contributed by atoms with Gasteiger partial charge in [0.2, 0.25) is 0 Å². The van der Waals surface area contributed by atoms with E-state index in [4.69, 9.17) is 28.5 Å². The molecule has 0 bridgehead atoms. The van der Waals surface area contributed by atoms with Gasteiger partial charge < -0.3 is 0 Å². The number of halogens is 2. The summed E-state index contributed by atoms with van der Waals surface area (Å²) in [6, 6.07) is 6.89. The van der Waals surface area contributed by atoms with E-state index in [9.17, 15) is 4.79 Å². The first-order valence-electron chi connectivity index (χ1n) is 5.62. The van der Waals surface area contributed by atoms with Gasteiger partial charge in [0.15, 0.2) is 5.78 Å². The van der Waals surface area contributed by atoms with Crippen LogP contribution in [-0.2, 0) is 4.79 Å². The van der Waals surface area contributed by atoms with Crippen molar-refractivity contribution >= 4 is 29.0 Å². The van der Waals surface area contributed by atoms with Gasteiger partial charge in [0.1, 0.15) is 5.92 Å².